The lowest BCUT2D eigenvalue weighted by Crippen LogP contribution is -2.21. The molecule has 10 nitrogen and oxygen atoms in total. The SMILES string of the molecule is CC(=O)Nc1cc(Oc2ccc(Nc3ncccc3C(=O)Nc3ccc(F)cc3OC3CCNC3)cc2Cl)ccn1. The molecule has 1 fully saturated rings. The lowest BCUT2D eigenvalue weighted by molar-refractivity contribution is -0.114. The number of nitrogens with one attached hydrogen (secondary N) is 4. The van der Waals surface area contributed by atoms with Gasteiger partial charge in [-0.3, -0.25) is 9.59 Å². The molecule has 2 aromatic carbocycles. The first-order valence-electron chi connectivity index (χ1n) is 12.8. The minimum Gasteiger partial charge on any atom is -0.487 e. The summed E-state index contributed by atoms with van der Waals surface area (Å²) in [6.07, 6.45) is 3.73. The van der Waals surface area contributed by atoms with Gasteiger partial charge in [0.15, 0.2) is 0 Å². The second kappa shape index (κ2) is 12.6. The molecule has 210 valence electrons. The van der Waals surface area contributed by atoms with Crippen LogP contribution < -0.4 is 30.7 Å². The third kappa shape index (κ3) is 7.27. The first-order chi connectivity index (χ1) is 19.8. The van der Waals surface area contributed by atoms with Gasteiger partial charge in [-0.25, -0.2) is 14.4 Å². The molecule has 0 spiro atoms. The van der Waals surface area contributed by atoms with Crippen molar-refractivity contribution in [1.29, 1.82) is 0 Å². The third-order valence-corrected chi connectivity index (χ3v) is 6.31. The lowest BCUT2D eigenvalue weighted by atomic mass is 10.2. The molecule has 12 heteroatoms. The topological polar surface area (TPSA) is 126 Å². The number of ether oxygens (including phenoxy) is 2. The van der Waals surface area contributed by atoms with Crippen LogP contribution >= 0.6 is 11.6 Å². The highest BCUT2D eigenvalue weighted by Gasteiger charge is 2.20. The van der Waals surface area contributed by atoms with Crippen LogP contribution in [0.2, 0.25) is 5.02 Å². The van der Waals surface area contributed by atoms with Gasteiger partial charge in [-0.2, -0.15) is 0 Å². The second-order valence-corrected chi connectivity index (χ2v) is 9.56. The maximum atomic E-state index is 14.0. The summed E-state index contributed by atoms with van der Waals surface area (Å²) < 4.78 is 25.8. The fourth-order valence-electron chi connectivity index (χ4n) is 4.13. The number of rotatable bonds is 9. The predicted octanol–water partition coefficient (Wildman–Crippen LogP) is 5.76. The number of amides is 2. The van der Waals surface area contributed by atoms with Crippen molar-refractivity contribution in [3.8, 4) is 17.2 Å². The molecule has 0 bridgehead atoms. The Morgan fingerprint density at radius 3 is 2.68 bits per heavy atom. The molecule has 0 aliphatic carbocycles. The van der Waals surface area contributed by atoms with E-state index in [9.17, 15) is 14.0 Å². The number of nitrogens with zero attached hydrogens (tertiary/aromatic N) is 2. The van der Waals surface area contributed by atoms with Gasteiger partial charge in [-0.15, -0.1) is 0 Å². The zero-order valence-corrected chi connectivity index (χ0v) is 22.7. The zero-order chi connectivity index (χ0) is 28.8. The molecule has 41 heavy (non-hydrogen) atoms. The highest BCUT2D eigenvalue weighted by atomic mass is 35.5. The van der Waals surface area contributed by atoms with Gasteiger partial charge in [0, 0.05) is 43.7 Å². The van der Waals surface area contributed by atoms with Gasteiger partial charge < -0.3 is 30.7 Å². The van der Waals surface area contributed by atoms with Crippen LogP contribution in [-0.2, 0) is 4.79 Å². The summed E-state index contributed by atoms with van der Waals surface area (Å²) in [5.74, 6) is 0.522. The van der Waals surface area contributed by atoms with Gasteiger partial charge in [0.05, 0.1) is 16.3 Å². The molecule has 1 atom stereocenters. The van der Waals surface area contributed by atoms with Gasteiger partial charge in [-0.1, -0.05) is 11.6 Å². The first-order valence-corrected chi connectivity index (χ1v) is 13.1. The van der Waals surface area contributed by atoms with E-state index in [-0.39, 0.29) is 29.1 Å². The van der Waals surface area contributed by atoms with Crippen molar-refractivity contribution in [3.05, 3.63) is 89.5 Å². The van der Waals surface area contributed by atoms with E-state index in [4.69, 9.17) is 21.1 Å². The fourth-order valence-corrected chi connectivity index (χ4v) is 4.35. The second-order valence-electron chi connectivity index (χ2n) is 9.16. The Morgan fingerprint density at radius 2 is 1.90 bits per heavy atom. The average molecular weight is 577 g/mol. The lowest BCUT2D eigenvalue weighted by Gasteiger charge is -2.17. The highest BCUT2D eigenvalue weighted by molar-refractivity contribution is 6.32. The average Bonchev–Trinajstić information content (AvgIpc) is 3.45. The molecular formula is C29H26ClFN6O4. The Balaban J connectivity index is 1.30. The minimum absolute atomic E-state index is 0.113. The van der Waals surface area contributed by atoms with E-state index in [1.165, 1.54) is 31.3 Å². The number of anilines is 4. The summed E-state index contributed by atoms with van der Waals surface area (Å²) >= 11 is 6.48. The monoisotopic (exact) mass is 576 g/mol. The molecule has 1 aliphatic heterocycles. The molecule has 1 aliphatic rings. The Hall–Kier alpha value is -4.74. The molecule has 5 rings (SSSR count). The van der Waals surface area contributed by atoms with E-state index in [0.29, 0.717) is 40.3 Å². The van der Waals surface area contributed by atoms with Crippen LogP contribution in [-0.4, -0.2) is 41.0 Å². The van der Waals surface area contributed by atoms with E-state index in [1.807, 2.05) is 0 Å². The summed E-state index contributed by atoms with van der Waals surface area (Å²) in [5, 5.41) is 12.0. The van der Waals surface area contributed by atoms with Gasteiger partial charge in [0.1, 0.15) is 40.8 Å². The Kier molecular flexibility index (Phi) is 8.56. The summed E-state index contributed by atoms with van der Waals surface area (Å²) in [6, 6.07) is 15.5. The number of benzene rings is 2. The standard InChI is InChI=1S/C29H26ClFN6O4/c1-17(38)35-27-15-20(9-12-33-27)40-25-7-5-19(14-23(25)30)36-28-22(3-2-10-34-28)29(39)37-24-6-4-18(31)13-26(24)41-21-8-11-32-16-21/h2-7,9-10,12-15,21,32H,8,11,16H2,1H3,(H,34,36)(H,37,39)(H,33,35,38). The molecule has 2 aromatic heterocycles. The molecule has 1 saturated heterocycles. The number of halogens is 2. The Bertz CT molecular complexity index is 1580. The quantitative estimate of drug-likeness (QED) is 0.198. The van der Waals surface area contributed by atoms with Gasteiger partial charge >= 0.3 is 0 Å². The van der Waals surface area contributed by atoms with Crippen molar-refractivity contribution in [1.82, 2.24) is 15.3 Å². The zero-order valence-electron chi connectivity index (χ0n) is 21.9. The van der Waals surface area contributed by atoms with E-state index in [1.54, 1.807) is 48.7 Å². The van der Waals surface area contributed by atoms with Crippen molar-refractivity contribution in [2.75, 3.05) is 29.0 Å². The molecular weight excluding hydrogens is 551 g/mol. The van der Waals surface area contributed by atoms with Crippen LogP contribution in [0.1, 0.15) is 23.7 Å². The molecule has 2 amide bonds. The van der Waals surface area contributed by atoms with E-state index in [2.05, 4.69) is 31.2 Å². The van der Waals surface area contributed by atoms with Crippen LogP contribution in [0.25, 0.3) is 0 Å². The van der Waals surface area contributed by atoms with E-state index >= 15 is 0 Å². The maximum absolute atomic E-state index is 14.0. The number of pyridine rings is 2. The number of aromatic nitrogens is 2. The maximum Gasteiger partial charge on any atom is 0.259 e. The van der Waals surface area contributed by atoms with Crippen LogP contribution in [0.4, 0.5) is 27.4 Å². The molecule has 0 radical (unpaired) electrons. The number of carbonyl (C=O) groups is 2. The van der Waals surface area contributed by atoms with Crippen molar-refractivity contribution < 1.29 is 23.5 Å². The molecule has 4 N–H and O–H groups in total. The van der Waals surface area contributed by atoms with Crippen LogP contribution in [0.5, 0.6) is 17.2 Å². The van der Waals surface area contributed by atoms with Crippen LogP contribution in [0.3, 0.4) is 0 Å². The largest absolute Gasteiger partial charge is 0.487 e. The van der Waals surface area contributed by atoms with E-state index in [0.717, 1.165) is 13.0 Å². The van der Waals surface area contributed by atoms with Gasteiger partial charge in [0.2, 0.25) is 5.91 Å². The Morgan fingerprint density at radius 1 is 1.02 bits per heavy atom. The predicted molar refractivity (Wildman–Crippen MR) is 154 cm³/mol. The van der Waals surface area contributed by atoms with Crippen molar-refractivity contribution in [2.45, 2.75) is 19.4 Å². The highest BCUT2D eigenvalue weighted by Crippen LogP contribution is 2.34. The van der Waals surface area contributed by atoms with Crippen molar-refractivity contribution in [2.24, 2.45) is 0 Å². The van der Waals surface area contributed by atoms with Gasteiger partial charge in [0.25, 0.3) is 5.91 Å². The van der Waals surface area contributed by atoms with Gasteiger partial charge in [-0.05, 0) is 61.5 Å². The number of carbonyl (C=O) groups excluding carboxylic acids is 2. The smallest absolute Gasteiger partial charge is 0.259 e. The van der Waals surface area contributed by atoms with Crippen LogP contribution in [0, 0.1) is 5.82 Å². The molecule has 1 unspecified atom stereocenters. The number of hydrogen-bond donors (Lipinski definition) is 4. The van der Waals surface area contributed by atoms with E-state index < -0.39 is 11.7 Å². The normalized spacial score (nSPS) is 14.3. The summed E-state index contributed by atoms with van der Waals surface area (Å²) in [6.45, 7) is 2.85. The number of hydrogen-bond acceptors (Lipinski definition) is 8. The molecule has 4 aromatic rings. The fraction of sp³-hybridized carbons (Fsp3) is 0.172. The van der Waals surface area contributed by atoms with Crippen LogP contribution in [0.15, 0.2) is 73.1 Å². The van der Waals surface area contributed by atoms with Crippen molar-refractivity contribution in [3.63, 3.8) is 0 Å². The van der Waals surface area contributed by atoms with Crippen molar-refractivity contribution >= 4 is 46.4 Å². The Labute approximate surface area is 240 Å². The summed E-state index contributed by atoms with van der Waals surface area (Å²) in [4.78, 5) is 33.0. The summed E-state index contributed by atoms with van der Waals surface area (Å²) in [7, 11) is 0. The minimum atomic E-state index is -0.464. The first kappa shape index (κ1) is 27.8. The molecule has 3 heterocycles. The third-order valence-electron chi connectivity index (χ3n) is 6.01. The summed E-state index contributed by atoms with van der Waals surface area (Å²) in [5.41, 5.74) is 1.16. The molecule has 0 saturated carbocycles.